The first-order valence-electron chi connectivity index (χ1n) is 43.8. The summed E-state index contributed by atoms with van der Waals surface area (Å²) in [7, 11) is 2.19. The van der Waals surface area contributed by atoms with Crippen LogP contribution in [0.5, 0.6) is 0 Å². The number of morpholine rings is 4. The van der Waals surface area contributed by atoms with Crippen molar-refractivity contribution < 1.29 is 18.9 Å². The largest absolute Gasteiger partial charge is 0.379 e. The van der Waals surface area contributed by atoms with Crippen molar-refractivity contribution in [1.29, 1.82) is 0 Å². The predicted molar refractivity (Wildman–Crippen MR) is 470 cm³/mol. The Bertz CT molecular complexity index is 1920. The number of ether oxygens (including phenoxy) is 4. The third kappa shape index (κ3) is 67.7. The van der Waals surface area contributed by atoms with Crippen LogP contribution < -0.4 is 16.0 Å². The lowest BCUT2D eigenvalue weighted by molar-refractivity contribution is 0.00460. The van der Waals surface area contributed by atoms with Crippen molar-refractivity contribution in [3.05, 3.63) is 11.6 Å². The van der Waals surface area contributed by atoms with Crippen molar-refractivity contribution in [1.82, 2.24) is 40.4 Å². The number of hydrogen-bond donors (Lipinski definition) is 3. The van der Waals surface area contributed by atoms with E-state index in [1.54, 1.807) is 5.57 Å². The molecule has 0 aromatic carbocycles. The van der Waals surface area contributed by atoms with Crippen LogP contribution in [0.2, 0.25) is 0 Å². The minimum Gasteiger partial charge on any atom is -0.379 e. The van der Waals surface area contributed by atoms with Gasteiger partial charge < -0.3 is 49.6 Å². The molecular formula is C94H196N8O4. The van der Waals surface area contributed by atoms with E-state index in [9.17, 15) is 0 Å². The van der Waals surface area contributed by atoms with Gasteiger partial charge in [-0.1, -0.05) is 285 Å². The topological polar surface area (TPSA) is 89.2 Å². The van der Waals surface area contributed by atoms with Crippen LogP contribution in [-0.2, 0) is 18.9 Å². The zero-order valence-electron chi connectivity index (χ0n) is 77.3. The molecule has 8 heterocycles. The van der Waals surface area contributed by atoms with E-state index in [-0.39, 0.29) is 7.43 Å². The third-order valence-electron chi connectivity index (χ3n) is 20.0. The number of hydrogen-bond acceptors (Lipinski definition) is 12. The minimum absolute atomic E-state index is 0. The fourth-order valence-corrected chi connectivity index (χ4v) is 15.7. The average Bonchev–Trinajstić information content (AvgIpc) is 0.861. The molecule has 7 saturated heterocycles. The van der Waals surface area contributed by atoms with Crippen LogP contribution in [0.4, 0.5) is 0 Å². The molecule has 2 aliphatic carbocycles. The Morgan fingerprint density at radius 3 is 1.17 bits per heavy atom. The molecule has 0 aromatic heterocycles. The first-order chi connectivity index (χ1) is 48.1. The fourth-order valence-electron chi connectivity index (χ4n) is 15.7. The second-order valence-electron chi connectivity index (χ2n) is 46.5. The lowest BCUT2D eigenvalue weighted by atomic mass is 9.74. The van der Waals surface area contributed by atoms with Gasteiger partial charge in [0.25, 0.3) is 0 Å². The van der Waals surface area contributed by atoms with Crippen LogP contribution in [-0.4, -0.2) is 214 Å². The zero-order chi connectivity index (χ0) is 80.0. The summed E-state index contributed by atoms with van der Waals surface area (Å²) >= 11 is 0. The van der Waals surface area contributed by atoms with Gasteiger partial charge in [0.15, 0.2) is 0 Å². The highest BCUT2D eigenvalue weighted by atomic mass is 16.5. The molecule has 0 aromatic rings. The van der Waals surface area contributed by atoms with E-state index in [4.69, 9.17) is 18.9 Å². The molecule has 0 radical (unpaired) electrons. The van der Waals surface area contributed by atoms with Crippen molar-refractivity contribution in [3.8, 4) is 0 Å². The second-order valence-corrected chi connectivity index (χ2v) is 46.5. The summed E-state index contributed by atoms with van der Waals surface area (Å²) in [4.78, 5) is 12.4. The number of likely N-dealkylation sites (tertiary alicyclic amines) is 3. The van der Waals surface area contributed by atoms with Gasteiger partial charge in [-0.2, -0.15) is 0 Å². The zero-order valence-corrected chi connectivity index (χ0v) is 77.3. The van der Waals surface area contributed by atoms with Crippen LogP contribution in [0.1, 0.15) is 331 Å². The molecule has 2 unspecified atom stereocenters. The minimum atomic E-state index is 0. The number of nitrogens with one attached hydrogen (secondary N) is 3. The molecule has 9 fully saturated rings. The van der Waals surface area contributed by atoms with E-state index in [0.29, 0.717) is 66.3 Å². The maximum Gasteiger partial charge on any atom is 0.0705 e. The summed E-state index contributed by atoms with van der Waals surface area (Å²) in [5, 5.41) is 10.1. The second kappa shape index (κ2) is 52.0. The van der Waals surface area contributed by atoms with E-state index in [1.165, 1.54) is 175 Å². The van der Waals surface area contributed by atoms with Gasteiger partial charge in [-0.25, -0.2) is 0 Å². The normalized spacial score (nSPS) is 22.6. The Morgan fingerprint density at radius 2 is 0.840 bits per heavy atom. The summed E-state index contributed by atoms with van der Waals surface area (Å²) in [6.45, 7) is 100. The van der Waals surface area contributed by atoms with Gasteiger partial charge in [-0.3, -0.25) is 9.80 Å². The molecule has 636 valence electrons. The Labute approximate surface area is 666 Å². The van der Waals surface area contributed by atoms with Crippen molar-refractivity contribution in [2.75, 3.05) is 178 Å². The molecule has 3 N–H and O–H groups in total. The number of rotatable bonds is 11. The van der Waals surface area contributed by atoms with Crippen LogP contribution >= 0.6 is 0 Å². The highest BCUT2D eigenvalue weighted by Crippen LogP contribution is 2.37. The molecule has 10 aliphatic rings. The summed E-state index contributed by atoms with van der Waals surface area (Å²) < 4.78 is 21.5. The maximum atomic E-state index is 5.59. The van der Waals surface area contributed by atoms with E-state index < -0.39 is 0 Å². The Balaban J connectivity index is 0.00000116. The predicted octanol–water partition coefficient (Wildman–Crippen LogP) is 21.9. The highest BCUT2D eigenvalue weighted by Gasteiger charge is 2.30. The molecule has 106 heavy (non-hydrogen) atoms. The smallest absolute Gasteiger partial charge is 0.0705 e. The molecule has 8 aliphatic heterocycles. The van der Waals surface area contributed by atoms with Gasteiger partial charge in [0, 0.05) is 104 Å². The van der Waals surface area contributed by atoms with Gasteiger partial charge >= 0.3 is 0 Å². The molecule has 10 rings (SSSR count). The van der Waals surface area contributed by atoms with Crippen molar-refractivity contribution in [2.45, 2.75) is 343 Å². The van der Waals surface area contributed by atoms with Crippen LogP contribution in [0.3, 0.4) is 0 Å². The molecule has 0 spiro atoms. The SMILES string of the molecule is C.CC(C)(C)CC1=CCNCC1.CC(C)(C)CC1CCC1.CC(C)(C)CC1CCCCC1.CC(C)(C)CC1CNCCO1.CC(C)(C)CC1COCCN1.CC(C)(C)CCN1CCOCC1.CC(C)(C)CN1CCC1.CC(C)(C)CN1CCOCC1.CC1CN(CC(C)(C)C)C1.CN1CC(CC(C)(C)C)C1. The Morgan fingerprint density at radius 1 is 0.396 bits per heavy atom. The molecule has 12 heteroatoms. The Kier molecular flexibility index (Phi) is 51.6. The van der Waals surface area contributed by atoms with Gasteiger partial charge in [-0.05, 0) is 169 Å². The van der Waals surface area contributed by atoms with Gasteiger partial charge in [-0.15, -0.1) is 0 Å². The van der Waals surface area contributed by atoms with E-state index >= 15 is 0 Å². The molecule has 2 saturated carbocycles. The van der Waals surface area contributed by atoms with E-state index in [0.717, 1.165) is 129 Å². The summed E-state index contributed by atoms with van der Waals surface area (Å²) in [6.07, 6.45) is 26.5. The molecule has 0 bridgehead atoms. The highest BCUT2D eigenvalue weighted by molar-refractivity contribution is 5.08. The average molecular weight is 1500 g/mol. The van der Waals surface area contributed by atoms with Crippen LogP contribution in [0.15, 0.2) is 11.6 Å². The standard InChI is InChI=1S/C11H22.C10H21NO.C10H19N.3C9H19NO.2C9H19N.C9H18.C8H17N.CH4/c1-11(2,3)9-10-7-5-4-6-8-10;1-10(2,3)4-5-11-6-8-12-9-7-11;1-10(2,3)8-9-4-6-11-7-5-9;1-9(2,3)8-10-4-6-11-7-5-10;1-9(2,3)6-8-7-11-5-4-10-8;1-9(2,3)6-8-7-10-4-5-11-8;1-9(2,3)5-8-6-10(4)7-8;1-8-5-10(6-8)7-9(2,3)4;1-9(2,3)7-8-5-4-6-8;1-8(2,3)7-9-5-4-6-9;/h10H,4-9H2,1-3H3;4-9H2,1-3H3;4,11H,5-8H2,1-3H3;4-8H2,1-3H3;2*8,10H,4-7H2,1-3H3;2*8H,5-7H2,1-4H3;8H,4-7H2,1-3H3;4-7H2,1-3H3;1H4. The monoisotopic (exact) mass is 1500 g/mol. The lowest BCUT2D eigenvalue weighted by Gasteiger charge is -2.41. The van der Waals surface area contributed by atoms with Gasteiger partial charge in [0.1, 0.15) is 0 Å². The number of nitrogens with zero attached hydrogens (tertiary/aromatic N) is 5. The molecular weight excluding hydrogens is 1310 g/mol. The van der Waals surface area contributed by atoms with E-state index in [2.05, 4.69) is 268 Å². The third-order valence-corrected chi connectivity index (χ3v) is 20.0. The molecule has 2 atom stereocenters. The van der Waals surface area contributed by atoms with Crippen molar-refractivity contribution >= 4 is 0 Å². The summed E-state index contributed by atoms with van der Waals surface area (Å²) in [5.41, 5.74) is 6.46. The fraction of sp³-hybridized carbons (Fsp3) is 0.979. The van der Waals surface area contributed by atoms with Gasteiger partial charge in [0.2, 0.25) is 0 Å². The Hall–Kier alpha value is -0.740. The summed E-state index contributed by atoms with van der Waals surface area (Å²) in [6, 6.07) is 0.573. The van der Waals surface area contributed by atoms with E-state index in [1.807, 2.05) is 0 Å². The first-order valence-corrected chi connectivity index (χ1v) is 43.8. The van der Waals surface area contributed by atoms with Crippen LogP contribution in [0, 0.1) is 77.8 Å². The summed E-state index contributed by atoms with van der Waals surface area (Å²) in [5.74, 6) is 4.04. The first kappa shape index (κ1) is 105. The van der Waals surface area contributed by atoms with Crippen LogP contribution in [0.25, 0.3) is 0 Å². The molecule has 12 nitrogen and oxygen atoms in total. The maximum absolute atomic E-state index is 5.59. The van der Waals surface area contributed by atoms with Crippen molar-refractivity contribution in [3.63, 3.8) is 0 Å². The quantitative estimate of drug-likeness (QED) is 0.172. The molecule has 0 amide bonds. The van der Waals surface area contributed by atoms with Crippen molar-refractivity contribution in [2.24, 2.45) is 77.8 Å². The lowest BCUT2D eigenvalue weighted by Crippen LogP contribution is -2.48. The van der Waals surface area contributed by atoms with Gasteiger partial charge in [0.05, 0.1) is 52.4 Å².